The van der Waals surface area contributed by atoms with Gasteiger partial charge in [-0.25, -0.2) is 9.78 Å². The van der Waals surface area contributed by atoms with Gasteiger partial charge >= 0.3 is 6.03 Å². The Morgan fingerprint density at radius 3 is 2.81 bits per heavy atom. The van der Waals surface area contributed by atoms with E-state index in [9.17, 15) is 4.79 Å². The summed E-state index contributed by atoms with van der Waals surface area (Å²) >= 11 is 1.76. The van der Waals surface area contributed by atoms with Gasteiger partial charge in [-0.1, -0.05) is 18.2 Å². The summed E-state index contributed by atoms with van der Waals surface area (Å²) in [5.74, 6) is 0.872. The third-order valence-corrected chi connectivity index (χ3v) is 5.68. The molecule has 0 unspecified atom stereocenters. The lowest BCUT2D eigenvalue weighted by atomic mass is 10.1. The number of piperazine rings is 1. The van der Waals surface area contributed by atoms with E-state index >= 15 is 0 Å². The number of hydrogen-bond acceptors (Lipinski definition) is 5. The van der Waals surface area contributed by atoms with Crippen molar-refractivity contribution in [1.82, 2.24) is 20.2 Å². The minimum absolute atomic E-state index is 0.0170. The van der Waals surface area contributed by atoms with Crippen molar-refractivity contribution in [1.29, 1.82) is 0 Å². The summed E-state index contributed by atoms with van der Waals surface area (Å²) in [6, 6.07) is 8.43. The maximum atomic E-state index is 12.4. The van der Waals surface area contributed by atoms with Gasteiger partial charge < -0.3 is 15.1 Å². The molecule has 0 radical (unpaired) electrons. The number of hydrogen-bond donors (Lipinski definition) is 1. The van der Waals surface area contributed by atoms with Crippen molar-refractivity contribution < 1.29 is 4.79 Å². The highest BCUT2D eigenvalue weighted by Crippen LogP contribution is 2.25. The van der Waals surface area contributed by atoms with Crippen molar-refractivity contribution in [3.8, 4) is 0 Å². The molecule has 3 heterocycles. The van der Waals surface area contributed by atoms with E-state index in [0.29, 0.717) is 19.6 Å². The lowest BCUT2D eigenvalue weighted by molar-refractivity contribution is 0.194. The van der Waals surface area contributed by atoms with Crippen molar-refractivity contribution in [2.24, 2.45) is 0 Å². The second-order valence-electron chi connectivity index (χ2n) is 6.28. The quantitative estimate of drug-likeness (QED) is 0.770. The van der Waals surface area contributed by atoms with Crippen LogP contribution in [-0.4, -0.2) is 53.6 Å². The fourth-order valence-corrected chi connectivity index (χ4v) is 4.23. The van der Waals surface area contributed by atoms with Gasteiger partial charge in [-0.3, -0.25) is 4.98 Å². The summed E-state index contributed by atoms with van der Waals surface area (Å²) in [5.41, 5.74) is 1.30. The Balaban J connectivity index is 1.26. The normalized spacial score (nSPS) is 14.6. The van der Waals surface area contributed by atoms with E-state index in [-0.39, 0.29) is 6.03 Å². The molecule has 0 spiro atoms. The van der Waals surface area contributed by atoms with Crippen LogP contribution in [0.4, 0.5) is 10.6 Å². The number of benzene rings is 1. The van der Waals surface area contributed by atoms with E-state index in [2.05, 4.69) is 49.8 Å². The number of rotatable bonds is 4. The van der Waals surface area contributed by atoms with Gasteiger partial charge in [-0.2, -0.15) is 0 Å². The zero-order valence-corrected chi connectivity index (χ0v) is 15.3. The monoisotopic (exact) mass is 367 g/mol. The molecule has 0 bridgehead atoms. The van der Waals surface area contributed by atoms with E-state index < -0.39 is 0 Å². The van der Waals surface area contributed by atoms with Gasteiger partial charge in [0, 0.05) is 49.8 Å². The summed E-state index contributed by atoms with van der Waals surface area (Å²) in [4.78, 5) is 24.9. The second-order valence-corrected chi connectivity index (χ2v) is 7.19. The second kappa shape index (κ2) is 7.70. The molecule has 1 fully saturated rings. The van der Waals surface area contributed by atoms with Crippen LogP contribution in [0.5, 0.6) is 0 Å². The zero-order chi connectivity index (χ0) is 17.8. The Morgan fingerprint density at radius 1 is 1.15 bits per heavy atom. The van der Waals surface area contributed by atoms with Crippen LogP contribution in [0.1, 0.15) is 5.56 Å². The minimum atomic E-state index is 0.0170. The maximum Gasteiger partial charge on any atom is 0.317 e. The van der Waals surface area contributed by atoms with Gasteiger partial charge in [-0.15, -0.1) is 11.3 Å². The van der Waals surface area contributed by atoms with Crippen LogP contribution in [-0.2, 0) is 6.42 Å². The molecular formula is C19H21N5OS. The van der Waals surface area contributed by atoms with E-state index in [1.54, 1.807) is 29.9 Å². The summed E-state index contributed by atoms with van der Waals surface area (Å²) < 4.78 is 1.30. The third-order valence-electron chi connectivity index (χ3n) is 4.67. The Hall–Kier alpha value is -2.67. The SMILES string of the molecule is O=C(NCCc1csc2ccccc12)N1CCN(c2cnccn2)CC1. The molecule has 7 heteroatoms. The molecule has 2 amide bonds. The predicted molar refractivity (Wildman–Crippen MR) is 105 cm³/mol. The van der Waals surface area contributed by atoms with Crippen molar-refractivity contribution in [2.75, 3.05) is 37.6 Å². The van der Waals surface area contributed by atoms with E-state index in [1.165, 1.54) is 15.6 Å². The smallest absolute Gasteiger partial charge is 0.317 e. The van der Waals surface area contributed by atoms with Crippen LogP contribution in [0, 0.1) is 0 Å². The van der Waals surface area contributed by atoms with Crippen LogP contribution < -0.4 is 10.2 Å². The molecular weight excluding hydrogens is 346 g/mol. The predicted octanol–water partition coefficient (Wildman–Crippen LogP) is 2.77. The van der Waals surface area contributed by atoms with E-state index in [4.69, 9.17) is 0 Å². The van der Waals surface area contributed by atoms with Gasteiger partial charge in [0.05, 0.1) is 6.20 Å². The number of carbonyl (C=O) groups excluding carboxylic acids is 1. The minimum Gasteiger partial charge on any atom is -0.352 e. The van der Waals surface area contributed by atoms with Gasteiger partial charge in [0.2, 0.25) is 0 Å². The fourth-order valence-electron chi connectivity index (χ4n) is 3.24. The number of fused-ring (bicyclic) bond motifs is 1. The average Bonchev–Trinajstić information content (AvgIpc) is 3.12. The molecule has 4 rings (SSSR count). The first-order chi connectivity index (χ1) is 12.8. The first kappa shape index (κ1) is 16.8. The average molecular weight is 367 g/mol. The molecule has 3 aromatic rings. The molecule has 6 nitrogen and oxygen atoms in total. The number of carbonyl (C=O) groups is 1. The Bertz CT molecular complexity index is 874. The Morgan fingerprint density at radius 2 is 2.00 bits per heavy atom. The first-order valence-electron chi connectivity index (χ1n) is 8.80. The van der Waals surface area contributed by atoms with E-state index in [1.807, 2.05) is 4.90 Å². The molecule has 1 aliphatic rings. The summed E-state index contributed by atoms with van der Waals surface area (Å²) in [7, 11) is 0. The van der Waals surface area contributed by atoms with Crippen molar-refractivity contribution in [2.45, 2.75) is 6.42 Å². The van der Waals surface area contributed by atoms with Gasteiger partial charge in [0.25, 0.3) is 0 Å². The third kappa shape index (κ3) is 3.62. The topological polar surface area (TPSA) is 61.4 Å². The number of aromatic nitrogens is 2. The lowest BCUT2D eigenvalue weighted by Crippen LogP contribution is -2.52. The number of anilines is 1. The fraction of sp³-hybridized carbons (Fsp3) is 0.316. The number of nitrogens with zero attached hydrogens (tertiary/aromatic N) is 4. The molecule has 26 heavy (non-hydrogen) atoms. The molecule has 0 atom stereocenters. The molecule has 0 saturated carbocycles. The molecule has 0 aliphatic carbocycles. The highest BCUT2D eigenvalue weighted by Gasteiger charge is 2.21. The molecule has 1 aromatic carbocycles. The zero-order valence-electron chi connectivity index (χ0n) is 14.5. The molecule has 2 aromatic heterocycles. The van der Waals surface area contributed by atoms with Gasteiger partial charge in [0.15, 0.2) is 0 Å². The van der Waals surface area contributed by atoms with Crippen LogP contribution in [0.3, 0.4) is 0 Å². The Labute approximate surface area is 156 Å². The van der Waals surface area contributed by atoms with E-state index in [0.717, 1.165) is 25.3 Å². The van der Waals surface area contributed by atoms with Crippen molar-refractivity contribution in [3.63, 3.8) is 0 Å². The van der Waals surface area contributed by atoms with Crippen LogP contribution in [0.15, 0.2) is 48.2 Å². The van der Waals surface area contributed by atoms with Crippen molar-refractivity contribution in [3.05, 3.63) is 53.8 Å². The Kier molecular flexibility index (Phi) is 4.97. The summed E-state index contributed by atoms with van der Waals surface area (Å²) in [6.45, 7) is 3.61. The molecule has 134 valence electrons. The molecule has 1 N–H and O–H groups in total. The van der Waals surface area contributed by atoms with Gasteiger partial charge in [-0.05, 0) is 28.8 Å². The maximum absolute atomic E-state index is 12.4. The molecule has 1 saturated heterocycles. The standard InChI is InChI=1S/C19H21N5OS/c25-19(22-6-5-15-14-26-17-4-2-1-3-16(15)17)24-11-9-23(10-12-24)18-13-20-7-8-21-18/h1-4,7-8,13-14H,5-6,9-12H2,(H,22,25). The van der Waals surface area contributed by atoms with Gasteiger partial charge in [0.1, 0.15) is 5.82 Å². The summed E-state index contributed by atoms with van der Waals surface area (Å²) in [6.07, 6.45) is 5.99. The highest BCUT2D eigenvalue weighted by molar-refractivity contribution is 7.17. The van der Waals surface area contributed by atoms with Crippen molar-refractivity contribution >= 4 is 33.3 Å². The summed E-state index contributed by atoms with van der Waals surface area (Å²) in [5, 5.41) is 6.54. The molecule has 1 aliphatic heterocycles. The highest BCUT2D eigenvalue weighted by atomic mass is 32.1. The largest absolute Gasteiger partial charge is 0.352 e. The van der Waals surface area contributed by atoms with Crippen LogP contribution in [0.25, 0.3) is 10.1 Å². The number of nitrogens with one attached hydrogen (secondary N) is 1. The number of amides is 2. The van der Waals surface area contributed by atoms with Crippen LogP contribution >= 0.6 is 11.3 Å². The number of thiophene rings is 1. The first-order valence-corrected chi connectivity index (χ1v) is 9.68. The van der Waals surface area contributed by atoms with Crippen LogP contribution in [0.2, 0.25) is 0 Å². The lowest BCUT2D eigenvalue weighted by Gasteiger charge is -2.35. The number of urea groups is 1.